The SMILES string of the molecule is O=c1[nH]c2ccccc2c2cc3c(=O)[nH]c4ccc(Cl)cc4c3cc12. The Kier molecular flexibility index (Phi) is 2.82. The van der Waals surface area contributed by atoms with E-state index in [1.54, 1.807) is 30.3 Å². The third-order valence-corrected chi connectivity index (χ3v) is 4.87. The minimum Gasteiger partial charge on any atom is -0.321 e. The van der Waals surface area contributed by atoms with Gasteiger partial charge in [-0.3, -0.25) is 9.59 Å². The molecule has 2 aromatic heterocycles. The van der Waals surface area contributed by atoms with Crippen molar-refractivity contribution in [2.75, 3.05) is 0 Å². The fourth-order valence-corrected chi connectivity index (χ4v) is 3.65. The van der Waals surface area contributed by atoms with Crippen molar-refractivity contribution in [1.29, 1.82) is 0 Å². The zero-order valence-corrected chi connectivity index (χ0v) is 13.6. The van der Waals surface area contributed by atoms with E-state index in [4.69, 9.17) is 11.6 Å². The summed E-state index contributed by atoms with van der Waals surface area (Å²) < 4.78 is 0. The summed E-state index contributed by atoms with van der Waals surface area (Å²) >= 11 is 6.13. The predicted molar refractivity (Wildman–Crippen MR) is 103 cm³/mol. The minimum absolute atomic E-state index is 0.175. The second-order valence-electron chi connectivity index (χ2n) is 6.09. The topological polar surface area (TPSA) is 65.7 Å². The molecule has 0 saturated carbocycles. The van der Waals surface area contributed by atoms with E-state index in [-0.39, 0.29) is 11.1 Å². The Morgan fingerprint density at radius 2 is 1.20 bits per heavy atom. The Labute approximate surface area is 145 Å². The van der Waals surface area contributed by atoms with Crippen LogP contribution in [0.15, 0.2) is 64.2 Å². The zero-order chi connectivity index (χ0) is 17.1. The van der Waals surface area contributed by atoms with Crippen molar-refractivity contribution < 1.29 is 0 Å². The fraction of sp³-hybridized carbons (Fsp3) is 0. The van der Waals surface area contributed by atoms with Crippen LogP contribution in [0.3, 0.4) is 0 Å². The minimum atomic E-state index is -0.184. The van der Waals surface area contributed by atoms with Gasteiger partial charge in [-0.2, -0.15) is 0 Å². The molecule has 0 aliphatic rings. The van der Waals surface area contributed by atoms with Gasteiger partial charge in [-0.25, -0.2) is 0 Å². The summed E-state index contributed by atoms with van der Waals surface area (Å²) in [6.45, 7) is 0. The summed E-state index contributed by atoms with van der Waals surface area (Å²) in [6, 6.07) is 16.4. The molecular formula is C20H11ClN2O2. The van der Waals surface area contributed by atoms with Crippen LogP contribution >= 0.6 is 11.6 Å². The molecule has 5 rings (SSSR count). The molecule has 0 radical (unpaired) electrons. The molecule has 5 aromatic rings. The highest BCUT2D eigenvalue weighted by molar-refractivity contribution is 6.31. The highest BCUT2D eigenvalue weighted by Gasteiger charge is 2.11. The van der Waals surface area contributed by atoms with Crippen molar-refractivity contribution in [1.82, 2.24) is 9.97 Å². The first kappa shape index (κ1) is 14.3. The third-order valence-electron chi connectivity index (χ3n) is 4.63. The van der Waals surface area contributed by atoms with Crippen LogP contribution in [-0.2, 0) is 0 Å². The summed E-state index contributed by atoms with van der Waals surface area (Å²) in [5, 5.41) is 4.87. The van der Waals surface area contributed by atoms with E-state index < -0.39 is 0 Å². The van der Waals surface area contributed by atoms with Crippen molar-refractivity contribution in [2.45, 2.75) is 0 Å². The molecule has 2 heterocycles. The van der Waals surface area contributed by atoms with Gasteiger partial charge in [0.2, 0.25) is 0 Å². The van der Waals surface area contributed by atoms with Crippen LogP contribution in [0.5, 0.6) is 0 Å². The lowest BCUT2D eigenvalue weighted by Gasteiger charge is -2.08. The second-order valence-corrected chi connectivity index (χ2v) is 6.52. The first-order valence-corrected chi connectivity index (χ1v) is 8.20. The summed E-state index contributed by atoms with van der Waals surface area (Å²) in [4.78, 5) is 30.9. The molecule has 0 aliphatic carbocycles. The Morgan fingerprint density at radius 1 is 0.600 bits per heavy atom. The molecule has 4 nitrogen and oxygen atoms in total. The van der Waals surface area contributed by atoms with E-state index in [2.05, 4.69) is 9.97 Å². The van der Waals surface area contributed by atoms with E-state index in [1.807, 2.05) is 24.3 Å². The van der Waals surface area contributed by atoms with E-state index in [1.165, 1.54) is 0 Å². The summed E-state index contributed by atoms with van der Waals surface area (Å²) in [5.41, 5.74) is 1.08. The quantitative estimate of drug-likeness (QED) is 0.324. The molecule has 3 aromatic carbocycles. The lowest BCUT2D eigenvalue weighted by Crippen LogP contribution is -2.10. The van der Waals surface area contributed by atoms with Gasteiger partial charge in [-0.1, -0.05) is 29.8 Å². The number of benzene rings is 3. The number of hydrogen-bond acceptors (Lipinski definition) is 2. The van der Waals surface area contributed by atoms with Gasteiger partial charge < -0.3 is 9.97 Å². The Balaban J connectivity index is 2.11. The molecular weight excluding hydrogens is 336 g/mol. The molecule has 25 heavy (non-hydrogen) atoms. The first-order valence-electron chi connectivity index (χ1n) is 7.82. The zero-order valence-electron chi connectivity index (χ0n) is 12.9. The van der Waals surface area contributed by atoms with Gasteiger partial charge in [0.05, 0.1) is 0 Å². The van der Waals surface area contributed by atoms with E-state index in [0.29, 0.717) is 21.3 Å². The van der Waals surface area contributed by atoms with Crippen LogP contribution in [0.25, 0.3) is 43.4 Å². The van der Waals surface area contributed by atoms with E-state index in [0.717, 1.165) is 27.1 Å². The third kappa shape index (κ3) is 2.01. The lowest BCUT2D eigenvalue weighted by atomic mass is 10.00. The summed E-state index contributed by atoms with van der Waals surface area (Å²) in [6.07, 6.45) is 0. The molecule has 0 amide bonds. The number of hydrogen-bond donors (Lipinski definition) is 2. The molecule has 0 atom stereocenters. The van der Waals surface area contributed by atoms with Crippen LogP contribution < -0.4 is 11.1 Å². The molecule has 0 bridgehead atoms. The highest BCUT2D eigenvalue weighted by Crippen LogP contribution is 2.29. The first-order chi connectivity index (χ1) is 12.1. The highest BCUT2D eigenvalue weighted by atomic mass is 35.5. The van der Waals surface area contributed by atoms with Crippen LogP contribution in [0, 0.1) is 0 Å². The number of aromatic amines is 2. The number of aromatic nitrogens is 2. The Hall–Kier alpha value is -3.11. The normalized spacial score (nSPS) is 11.7. The summed E-state index contributed by atoms with van der Waals surface area (Å²) in [7, 11) is 0. The molecule has 120 valence electrons. The monoisotopic (exact) mass is 346 g/mol. The number of H-pyrrole nitrogens is 2. The molecule has 5 heteroatoms. The van der Waals surface area contributed by atoms with Gasteiger partial charge in [-0.15, -0.1) is 0 Å². The number of nitrogens with one attached hydrogen (secondary N) is 2. The molecule has 0 unspecified atom stereocenters. The molecule has 0 aliphatic heterocycles. The van der Waals surface area contributed by atoms with Crippen molar-refractivity contribution >= 4 is 55.0 Å². The van der Waals surface area contributed by atoms with Gasteiger partial charge in [0.1, 0.15) is 0 Å². The van der Waals surface area contributed by atoms with Crippen LogP contribution in [0.1, 0.15) is 0 Å². The van der Waals surface area contributed by atoms with Crippen LogP contribution in [-0.4, -0.2) is 9.97 Å². The fourth-order valence-electron chi connectivity index (χ4n) is 3.48. The average Bonchev–Trinajstić information content (AvgIpc) is 2.62. The largest absolute Gasteiger partial charge is 0.321 e. The number of fused-ring (bicyclic) bond motifs is 6. The molecule has 0 fully saturated rings. The lowest BCUT2D eigenvalue weighted by molar-refractivity contribution is 1.34. The number of pyridine rings is 2. The van der Waals surface area contributed by atoms with Gasteiger partial charge in [0, 0.05) is 37.6 Å². The average molecular weight is 347 g/mol. The van der Waals surface area contributed by atoms with Gasteiger partial charge in [-0.05, 0) is 47.2 Å². The van der Waals surface area contributed by atoms with Crippen LogP contribution in [0.2, 0.25) is 5.02 Å². The summed E-state index contributed by atoms with van der Waals surface area (Å²) in [5.74, 6) is 0. The second kappa shape index (κ2) is 4.94. The van der Waals surface area contributed by atoms with Crippen molar-refractivity contribution in [3.05, 3.63) is 80.3 Å². The van der Waals surface area contributed by atoms with Gasteiger partial charge in [0.15, 0.2) is 0 Å². The van der Waals surface area contributed by atoms with E-state index >= 15 is 0 Å². The Bertz CT molecular complexity index is 1450. The standard InChI is InChI=1S/C20H11ClN2O2/c21-10-5-6-18-14(7-10)13-9-15-12(8-16(13)20(25)23-18)11-3-1-2-4-17(11)22-19(15)24/h1-9H,(H,22,24)(H,23,25). The van der Waals surface area contributed by atoms with Gasteiger partial charge in [0.25, 0.3) is 11.1 Å². The smallest absolute Gasteiger partial charge is 0.256 e. The maximum Gasteiger partial charge on any atom is 0.256 e. The number of rotatable bonds is 0. The van der Waals surface area contributed by atoms with E-state index in [9.17, 15) is 9.59 Å². The molecule has 2 N–H and O–H groups in total. The molecule has 0 spiro atoms. The van der Waals surface area contributed by atoms with Crippen molar-refractivity contribution in [3.63, 3.8) is 0 Å². The maximum absolute atomic E-state index is 12.6. The van der Waals surface area contributed by atoms with Crippen molar-refractivity contribution in [2.24, 2.45) is 0 Å². The van der Waals surface area contributed by atoms with Crippen molar-refractivity contribution in [3.8, 4) is 0 Å². The van der Waals surface area contributed by atoms with Gasteiger partial charge >= 0.3 is 0 Å². The van der Waals surface area contributed by atoms with Crippen LogP contribution in [0.4, 0.5) is 0 Å². The number of para-hydroxylation sites is 1. The Morgan fingerprint density at radius 3 is 1.92 bits per heavy atom. The predicted octanol–water partition coefficient (Wildman–Crippen LogP) is 4.33. The molecule has 0 saturated heterocycles. The number of halogens is 1. The maximum atomic E-state index is 12.6.